The SMILES string of the molecule is O=S(=O)(N[C@@H](c1cccc(F)c1)c1cc2ccccc2o1)c1ccc2c(c1)OCCCO2.O=S(=O)(N[C@H](c1cccc(F)c1)c1cc2ccccc2o1)c1ccc2c(c1)OCCCO2. The number of sulfonamides is 2. The van der Waals surface area contributed by atoms with Crippen molar-refractivity contribution < 1.29 is 53.4 Å². The smallest absolute Gasteiger partial charge is 0.241 e. The Morgan fingerprint density at radius 2 is 0.844 bits per heavy atom. The number of furan rings is 2. The zero-order chi connectivity index (χ0) is 44.3. The highest BCUT2D eigenvalue weighted by atomic mass is 32.2. The van der Waals surface area contributed by atoms with E-state index in [1.54, 1.807) is 48.5 Å². The molecule has 2 aromatic heterocycles. The molecule has 16 heteroatoms. The van der Waals surface area contributed by atoms with Crippen LogP contribution in [0, 0.1) is 11.6 Å². The zero-order valence-corrected chi connectivity index (χ0v) is 35.5. The molecule has 8 aromatic rings. The van der Waals surface area contributed by atoms with E-state index in [0.717, 1.165) is 10.8 Å². The maximum absolute atomic E-state index is 14.0. The molecule has 0 saturated heterocycles. The molecule has 0 unspecified atom stereocenters. The van der Waals surface area contributed by atoms with Gasteiger partial charge in [-0.1, -0.05) is 60.7 Å². The van der Waals surface area contributed by atoms with Crippen molar-refractivity contribution in [2.24, 2.45) is 0 Å². The van der Waals surface area contributed by atoms with Gasteiger partial charge in [0.25, 0.3) is 0 Å². The van der Waals surface area contributed by atoms with Crippen molar-refractivity contribution >= 4 is 42.0 Å². The number of halogens is 2. The molecule has 2 atom stereocenters. The van der Waals surface area contributed by atoms with E-state index in [4.69, 9.17) is 27.8 Å². The molecule has 2 aliphatic heterocycles. The number of hydrogen-bond acceptors (Lipinski definition) is 10. The topological polar surface area (TPSA) is 156 Å². The molecule has 0 fully saturated rings. The van der Waals surface area contributed by atoms with Crippen LogP contribution in [-0.2, 0) is 20.0 Å². The molecule has 64 heavy (non-hydrogen) atoms. The van der Waals surface area contributed by atoms with Gasteiger partial charge in [0.05, 0.1) is 36.2 Å². The first-order valence-corrected chi connectivity index (χ1v) is 23.3. The number of rotatable bonds is 10. The van der Waals surface area contributed by atoms with E-state index in [2.05, 4.69) is 9.44 Å². The van der Waals surface area contributed by atoms with Crippen LogP contribution in [-0.4, -0.2) is 43.3 Å². The highest BCUT2D eigenvalue weighted by Gasteiger charge is 2.29. The van der Waals surface area contributed by atoms with Crippen molar-refractivity contribution in [2.75, 3.05) is 26.4 Å². The average molecular weight is 907 g/mol. The summed E-state index contributed by atoms with van der Waals surface area (Å²) in [5.41, 5.74) is 2.06. The normalized spacial score (nSPS) is 14.8. The Balaban J connectivity index is 0.000000162. The van der Waals surface area contributed by atoms with Crippen molar-refractivity contribution in [2.45, 2.75) is 34.7 Å². The Labute approximate surface area is 367 Å². The summed E-state index contributed by atoms with van der Waals surface area (Å²) in [7, 11) is -8.04. The number of para-hydroxylation sites is 2. The van der Waals surface area contributed by atoms with Crippen molar-refractivity contribution in [3.8, 4) is 23.0 Å². The fourth-order valence-electron chi connectivity index (χ4n) is 7.31. The van der Waals surface area contributed by atoms with Crippen LogP contribution in [0.4, 0.5) is 8.78 Å². The van der Waals surface area contributed by atoms with Crippen LogP contribution < -0.4 is 28.4 Å². The van der Waals surface area contributed by atoms with Gasteiger partial charge in [-0.2, -0.15) is 9.44 Å². The van der Waals surface area contributed by atoms with E-state index < -0.39 is 43.8 Å². The lowest BCUT2D eigenvalue weighted by Gasteiger charge is -2.18. The fraction of sp³-hybridized carbons (Fsp3) is 0.167. The Hall–Kier alpha value is -6.72. The average Bonchev–Trinajstić information content (AvgIpc) is 3.75. The Morgan fingerprint density at radius 3 is 1.25 bits per heavy atom. The second kappa shape index (κ2) is 18.2. The van der Waals surface area contributed by atoms with E-state index in [1.807, 2.05) is 36.4 Å². The molecule has 10 rings (SSSR count). The summed E-state index contributed by atoms with van der Waals surface area (Å²) in [6, 6.07) is 36.8. The highest BCUT2D eigenvalue weighted by Crippen LogP contribution is 2.36. The third-order valence-corrected chi connectivity index (χ3v) is 13.3. The number of hydrogen-bond donors (Lipinski definition) is 2. The van der Waals surface area contributed by atoms with Crippen LogP contribution in [0.15, 0.2) is 164 Å². The van der Waals surface area contributed by atoms with Gasteiger partial charge in [-0.3, -0.25) is 0 Å². The molecular formula is C48H40F2N2O10S2. The molecule has 0 saturated carbocycles. The maximum atomic E-state index is 14.0. The van der Waals surface area contributed by atoms with Gasteiger partial charge >= 0.3 is 0 Å². The van der Waals surface area contributed by atoms with Gasteiger partial charge in [-0.25, -0.2) is 25.6 Å². The van der Waals surface area contributed by atoms with Crippen LogP contribution in [0.5, 0.6) is 23.0 Å². The molecule has 6 aromatic carbocycles. The standard InChI is InChI=1S/2C24H20FNO5S/c2*25-18-7-3-6-17(13-18)24(23-14-16-5-1-2-8-20(16)31-23)26-32(27,28)19-9-10-21-22(15-19)30-12-4-11-29-21/h2*1-3,5-10,13-15,24,26H,4,11-12H2/t2*24-/m10/s1. The van der Waals surface area contributed by atoms with Crippen molar-refractivity contribution in [3.63, 3.8) is 0 Å². The predicted octanol–water partition coefficient (Wildman–Crippen LogP) is 9.60. The van der Waals surface area contributed by atoms with Gasteiger partial charge in [0.2, 0.25) is 20.0 Å². The Kier molecular flexibility index (Phi) is 12.1. The number of nitrogens with one attached hydrogen (secondary N) is 2. The molecule has 0 bridgehead atoms. The summed E-state index contributed by atoms with van der Waals surface area (Å²) in [4.78, 5) is 0.0264. The zero-order valence-electron chi connectivity index (χ0n) is 33.9. The number of fused-ring (bicyclic) bond motifs is 4. The van der Waals surface area contributed by atoms with Crippen LogP contribution in [0.1, 0.15) is 47.6 Å². The van der Waals surface area contributed by atoms with Gasteiger partial charge in [-0.05, 0) is 83.9 Å². The summed E-state index contributed by atoms with van der Waals surface area (Å²) < 4.78 is 121. The molecule has 0 radical (unpaired) electrons. The lowest BCUT2D eigenvalue weighted by atomic mass is 10.1. The van der Waals surface area contributed by atoms with Crippen molar-refractivity contribution in [1.82, 2.24) is 9.44 Å². The van der Waals surface area contributed by atoms with Crippen molar-refractivity contribution in [1.29, 1.82) is 0 Å². The van der Waals surface area contributed by atoms with E-state index in [9.17, 15) is 25.6 Å². The first kappa shape index (κ1) is 42.6. The second-order valence-electron chi connectivity index (χ2n) is 14.9. The first-order valence-electron chi connectivity index (χ1n) is 20.3. The lowest BCUT2D eigenvalue weighted by molar-refractivity contribution is 0.296. The van der Waals surface area contributed by atoms with Crippen LogP contribution in [0.3, 0.4) is 0 Å². The summed E-state index contributed by atoms with van der Waals surface area (Å²) in [6.07, 6.45) is 1.42. The minimum atomic E-state index is -4.02. The minimum absolute atomic E-state index is 0.0132. The fourth-order valence-corrected chi connectivity index (χ4v) is 9.73. The van der Waals surface area contributed by atoms with Gasteiger partial charge in [0.15, 0.2) is 23.0 Å². The van der Waals surface area contributed by atoms with Crippen LogP contribution in [0.25, 0.3) is 21.9 Å². The minimum Gasteiger partial charge on any atom is -0.490 e. The van der Waals surface area contributed by atoms with Gasteiger partial charge in [-0.15, -0.1) is 0 Å². The summed E-state index contributed by atoms with van der Waals surface area (Å²) >= 11 is 0. The summed E-state index contributed by atoms with van der Waals surface area (Å²) in [5, 5.41) is 1.64. The summed E-state index contributed by atoms with van der Waals surface area (Å²) in [5.74, 6) is 1.51. The maximum Gasteiger partial charge on any atom is 0.241 e. The van der Waals surface area contributed by atoms with E-state index >= 15 is 0 Å². The third-order valence-electron chi connectivity index (χ3n) is 10.4. The van der Waals surface area contributed by atoms with Crippen molar-refractivity contribution in [3.05, 3.63) is 180 Å². The number of ether oxygens (including phenoxy) is 4. The summed E-state index contributed by atoms with van der Waals surface area (Å²) in [6.45, 7) is 1.89. The van der Waals surface area contributed by atoms with Gasteiger partial charge in [0.1, 0.15) is 46.4 Å². The molecule has 2 aliphatic rings. The van der Waals surface area contributed by atoms with Gasteiger partial charge in [0, 0.05) is 35.7 Å². The quantitative estimate of drug-likeness (QED) is 0.136. The Morgan fingerprint density at radius 1 is 0.438 bits per heavy atom. The molecule has 0 amide bonds. The van der Waals surface area contributed by atoms with Crippen LogP contribution >= 0.6 is 0 Å². The molecular weight excluding hydrogens is 867 g/mol. The monoisotopic (exact) mass is 906 g/mol. The molecule has 0 aliphatic carbocycles. The number of benzene rings is 6. The van der Waals surface area contributed by atoms with E-state index in [-0.39, 0.29) is 9.79 Å². The van der Waals surface area contributed by atoms with Gasteiger partial charge < -0.3 is 27.8 Å². The molecule has 2 N–H and O–H groups in total. The third kappa shape index (κ3) is 9.45. The second-order valence-corrected chi connectivity index (χ2v) is 18.3. The molecule has 328 valence electrons. The molecule has 4 heterocycles. The lowest BCUT2D eigenvalue weighted by Crippen LogP contribution is -2.29. The molecule has 0 spiro atoms. The van der Waals surface area contributed by atoms with E-state index in [1.165, 1.54) is 60.7 Å². The predicted molar refractivity (Wildman–Crippen MR) is 234 cm³/mol. The largest absolute Gasteiger partial charge is 0.490 e. The Bertz CT molecular complexity index is 2910. The first-order chi connectivity index (χ1) is 31.0. The van der Waals surface area contributed by atoms with Crippen LogP contribution in [0.2, 0.25) is 0 Å². The molecule has 12 nitrogen and oxygen atoms in total. The van der Waals surface area contributed by atoms with E-state index in [0.29, 0.717) is 96.1 Å². The highest BCUT2D eigenvalue weighted by molar-refractivity contribution is 7.89.